The molecule has 0 aliphatic heterocycles. The van der Waals surface area contributed by atoms with E-state index in [1.807, 2.05) is 0 Å². The van der Waals surface area contributed by atoms with Crippen LogP contribution in [0.25, 0.3) is 0 Å². The van der Waals surface area contributed by atoms with Crippen molar-refractivity contribution in [2.75, 3.05) is 12.4 Å². The topological polar surface area (TPSA) is 17.1 Å². The highest BCUT2D eigenvalue weighted by Gasteiger charge is 2.24. The Morgan fingerprint density at radius 3 is 2.38 bits per heavy atom. The number of thioether (sulfide) groups is 1. The summed E-state index contributed by atoms with van der Waals surface area (Å²) in [5.41, 5.74) is 0. The molecule has 0 saturated heterocycles. The Kier molecular flexibility index (Phi) is 8.70. The number of hydrogen-bond donors (Lipinski definition) is 0. The van der Waals surface area contributed by atoms with E-state index in [0.29, 0.717) is 6.42 Å². The fourth-order valence-electron chi connectivity index (χ4n) is 1.01. The Balaban J connectivity index is 3.65. The predicted octanol–water partition coefficient (Wildman–Crippen LogP) is 3.42. The molecule has 6 heteroatoms. The van der Waals surface area contributed by atoms with Gasteiger partial charge in [0.15, 0.2) is 11.3 Å². The van der Waals surface area contributed by atoms with Gasteiger partial charge >= 0.3 is 0 Å². The highest BCUT2D eigenvalue weighted by atomic mass is 32.2. The van der Waals surface area contributed by atoms with Gasteiger partial charge in [0.1, 0.15) is 19.0 Å². The monoisotopic (exact) mass is 260 g/mol. The van der Waals surface area contributed by atoms with Crippen molar-refractivity contribution >= 4 is 16.9 Å². The molecule has 0 spiro atoms. The Bertz CT molecular complexity index is 203. The average molecular weight is 260 g/mol. The zero-order valence-electron chi connectivity index (χ0n) is 9.10. The fourth-order valence-corrected chi connectivity index (χ4v) is 1.81. The standard InChI is InChI=1S/C10H16F4OS/c1-2-10(15)16-4-3-7(12)5-8(13)9(14)6-11/h7-9H,2-6H2,1H3. The molecule has 16 heavy (non-hydrogen) atoms. The summed E-state index contributed by atoms with van der Waals surface area (Å²) >= 11 is 0.977. The van der Waals surface area contributed by atoms with E-state index < -0.39 is 31.6 Å². The molecule has 0 amide bonds. The lowest BCUT2D eigenvalue weighted by Gasteiger charge is -2.13. The van der Waals surface area contributed by atoms with Gasteiger partial charge in [-0.3, -0.25) is 4.79 Å². The molecule has 0 saturated carbocycles. The molecular formula is C10H16F4OS. The molecule has 0 aromatic heterocycles. The fraction of sp³-hybridized carbons (Fsp3) is 0.900. The Morgan fingerprint density at radius 2 is 1.88 bits per heavy atom. The lowest BCUT2D eigenvalue weighted by Crippen LogP contribution is -2.23. The maximum absolute atomic E-state index is 13.1. The molecule has 0 aliphatic rings. The van der Waals surface area contributed by atoms with Gasteiger partial charge in [-0.1, -0.05) is 18.7 Å². The maximum atomic E-state index is 13.1. The van der Waals surface area contributed by atoms with E-state index in [1.165, 1.54) is 0 Å². The molecule has 3 unspecified atom stereocenters. The Labute approximate surface area is 97.0 Å². The van der Waals surface area contributed by atoms with Crippen LogP contribution in [0.4, 0.5) is 17.6 Å². The van der Waals surface area contributed by atoms with E-state index in [0.717, 1.165) is 11.8 Å². The van der Waals surface area contributed by atoms with Crippen molar-refractivity contribution in [1.82, 2.24) is 0 Å². The molecular weight excluding hydrogens is 244 g/mol. The normalized spacial score (nSPS) is 16.8. The quantitative estimate of drug-likeness (QED) is 0.622. The first-order valence-corrected chi connectivity index (χ1v) is 6.13. The van der Waals surface area contributed by atoms with Gasteiger partial charge in [-0.15, -0.1) is 0 Å². The molecule has 0 fully saturated rings. The summed E-state index contributed by atoms with van der Waals surface area (Å²) in [6, 6.07) is 0. The van der Waals surface area contributed by atoms with Crippen molar-refractivity contribution in [2.45, 2.75) is 44.7 Å². The third-order valence-electron chi connectivity index (χ3n) is 2.00. The second-order valence-corrected chi connectivity index (χ2v) is 4.53. The van der Waals surface area contributed by atoms with Gasteiger partial charge in [0.05, 0.1) is 0 Å². The van der Waals surface area contributed by atoms with Crippen LogP contribution in [-0.4, -0.2) is 36.1 Å². The Hall–Kier alpha value is -0.260. The molecule has 96 valence electrons. The van der Waals surface area contributed by atoms with E-state index in [9.17, 15) is 22.4 Å². The van der Waals surface area contributed by atoms with Crippen molar-refractivity contribution in [3.63, 3.8) is 0 Å². The first kappa shape index (κ1) is 15.7. The second kappa shape index (κ2) is 8.84. The molecule has 0 N–H and O–H groups in total. The van der Waals surface area contributed by atoms with Crippen LogP contribution in [-0.2, 0) is 4.79 Å². The largest absolute Gasteiger partial charge is 0.287 e. The molecule has 0 rings (SSSR count). The molecule has 1 nitrogen and oxygen atoms in total. The summed E-state index contributed by atoms with van der Waals surface area (Å²) in [7, 11) is 0. The van der Waals surface area contributed by atoms with Crippen molar-refractivity contribution in [3.05, 3.63) is 0 Å². The maximum Gasteiger partial charge on any atom is 0.188 e. The van der Waals surface area contributed by atoms with Crippen LogP contribution in [0.5, 0.6) is 0 Å². The first-order chi connectivity index (χ1) is 7.51. The number of carbonyl (C=O) groups excluding carboxylic acids is 1. The van der Waals surface area contributed by atoms with Crippen molar-refractivity contribution in [3.8, 4) is 0 Å². The minimum atomic E-state index is -2.25. The number of halogens is 4. The highest BCUT2D eigenvalue weighted by molar-refractivity contribution is 8.13. The van der Waals surface area contributed by atoms with Crippen LogP contribution in [0.1, 0.15) is 26.2 Å². The smallest absolute Gasteiger partial charge is 0.188 e. The van der Waals surface area contributed by atoms with E-state index in [-0.39, 0.29) is 17.3 Å². The van der Waals surface area contributed by atoms with Crippen LogP contribution in [0, 0.1) is 0 Å². The lowest BCUT2D eigenvalue weighted by atomic mass is 10.1. The van der Waals surface area contributed by atoms with Crippen molar-refractivity contribution in [2.24, 2.45) is 0 Å². The SMILES string of the molecule is CCC(=O)SCCC(F)CC(F)C(F)CF. The van der Waals surface area contributed by atoms with E-state index in [2.05, 4.69) is 0 Å². The molecule has 0 aromatic rings. The second-order valence-electron chi connectivity index (χ2n) is 3.38. The third kappa shape index (κ3) is 7.09. The van der Waals surface area contributed by atoms with Gasteiger partial charge < -0.3 is 0 Å². The lowest BCUT2D eigenvalue weighted by molar-refractivity contribution is -0.110. The van der Waals surface area contributed by atoms with Crippen LogP contribution in [0.15, 0.2) is 0 Å². The highest BCUT2D eigenvalue weighted by Crippen LogP contribution is 2.18. The third-order valence-corrected chi connectivity index (χ3v) is 3.05. The number of rotatable bonds is 8. The minimum Gasteiger partial charge on any atom is -0.287 e. The van der Waals surface area contributed by atoms with Gasteiger partial charge in [0.2, 0.25) is 0 Å². The molecule has 0 radical (unpaired) electrons. The van der Waals surface area contributed by atoms with Gasteiger partial charge in [0.25, 0.3) is 0 Å². The van der Waals surface area contributed by atoms with Crippen LogP contribution in [0.2, 0.25) is 0 Å². The summed E-state index contributed by atoms with van der Waals surface area (Å²) in [6.45, 7) is 0.256. The minimum absolute atomic E-state index is 0.0180. The van der Waals surface area contributed by atoms with E-state index in [1.54, 1.807) is 6.92 Å². The number of hydrogen-bond acceptors (Lipinski definition) is 2. The van der Waals surface area contributed by atoms with Crippen LogP contribution >= 0.6 is 11.8 Å². The van der Waals surface area contributed by atoms with Gasteiger partial charge in [-0.25, -0.2) is 17.6 Å². The van der Waals surface area contributed by atoms with Gasteiger partial charge in [-0.2, -0.15) is 0 Å². The molecule has 0 heterocycles. The molecule has 0 aliphatic carbocycles. The zero-order chi connectivity index (χ0) is 12.6. The summed E-state index contributed by atoms with van der Waals surface area (Å²) in [5, 5.41) is -0.0591. The molecule has 0 aromatic carbocycles. The first-order valence-electron chi connectivity index (χ1n) is 5.15. The zero-order valence-corrected chi connectivity index (χ0v) is 9.91. The van der Waals surface area contributed by atoms with Gasteiger partial charge in [-0.05, 0) is 6.42 Å². The van der Waals surface area contributed by atoms with Crippen LogP contribution in [0.3, 0.4) is 0 Å². The average Bonchev–Trinajstić information content (AvgIpc) is 2.27. The summed E-state index contributed by atoms with van der Waals surface area (Å²) < 4.78 is 49.9. The Morgan fingerprint density at radius 1 is 1.25 bits per heavy atom. The summed E-state index contributed by atoms with van der Waals surface area (Å²) in [6.07, 6.45) is -6.18. The predicted molar refractivity (Wildman–Crippen MR) is 57.7 cm³/mol. The van der Waals surface area contributed by atoms with Crippen LogP contribution < -0.4 is 0 Å². The van der Waals surface area contributed by atoms with E-state index in [4.69, 9.17) is 0 Å². The van der Waals surface area contributed by atoms with Crippen molar-refractivity contribution in [1.29, 1.82) is 0 Å². The van der Waals surface area contributed by atoms with Crippen molar-refractivity contribution < 1.29 is 22.4 Å². The van der Waals surface area contributed by atoms with E-state index >= 15 is 0 Å². The summed E-state index contributed by atoms with van der Waals surface area (Å²) in [5.74, 6) is 0.243. The number of alkyl halides is 4. The summed E-state index contributed by atoms with van der Waals surface area (Å²) in [4.78, 5) is 10.8. The van der Waals surface area contributed by atoms with Gasteiger partial charge in [0, 0.05) is 18.6 Å². The number of carbonyl (C=O) groups is 1. The molecule has 3 atom stereocenters. The molecule has 0 bridgehead atoms.